The average Bonchev–Trinajstić information content (AvgIpc) is 2.70. The Morgan fingerprint density at radius 3 is 2.22 bits per heavy atom. The van der Waals surface area contributed by atoms with Gasteiger partial charge in [0.05, 0.1) is 7.11 Å². The summed E-state index contributed by atoms with van der Waals surface area (Å²) in [5.74, 6) is 0.812. The molecule has 7 nitrogen and oxygen atoms in total. The van der Waals surface area contributed by atoms with Crippen molar-refractivity contribution in [3.8, 4) is 11.5 Å². The molecular weight excluding hydrogens is 346 g/mol. The molecule has 0 saturated heterocycles. The van der Waals surface area contributed by atoms with Crippen LogP contribution < -0.4 is 15.4 Å². The number of anilines is 2. The lowest BCUT2D eigenvalue weighted by Crippen LogP contribution is -2.19. The molecule has 0 fully saturated rings. The molecule has 0 atom stereocenters. The monoisotopic (exact) mass is 363 g/mol. The highest BCUT2D eigenvalue weighted by atomic mass is 16.5. The van der Waals surface area contributed by atoms with E-state index in [0.717, 1.165) is 5.75 Å². The van der Waals surface area contributed by atoms with Gasteiger partial charge in [-0.25, -0.2) is 14.6 Å². The minimum absolute atomic E-state index is 0.109. The number of carbonyl (C=O) groups excluding carboxylic acids is 2. The Kier molecular flexibility index (Phi) is 5.64. The van der Waals surface area contributed by atoms with Crippen LogP contribution in [0.2, 0.25) is 0 Å². The van der Waals surface area contributed by atoms with Crippen molar-refractivity contribution in [3.05, 3.63) is 78.6 Å². The van der Waals surface area contributed by atoms with E-state index < -0.39 is 12.0 Å². The van der Waals surface area contributed by atoms with Crippen molar-refractivity contribution >= 4 is 23.4 Å². The van der Waals surface area contributed by atoms with E-state index in [4.69, 9.17) is 4.74 Å². The number of amides is 2. The van der Waals surface area contributed by atoms with Crippen LogP contribution in [0.5, 0.6) is 11.5 Å². The lowest BCUT2D eigenvalue weighted by atomic mass is 10.3. The maximum Gasteiger partial charge on any atom is 0.356 e. The van der Waals surface area contributed by atoms with E-state index in [1.54, 1.807) is 30.3 Å². The molecule has 0 unspecified atom stereocenters. The summed E-state index contributed by atoms with van der Waals surface area (Å²) in [6, 6.07) is 18.9. The van der Waals surface area contributed by atoms with Gasteiger partial charge in [-0.15, -0.1) is 0 Å². The summed E-state index contributed by atoms with van der Waals surface area (Å²) in [6.07, 6.45) is 1.41. The molecule has 0 saturated carbocycles. The third kappa shape index (κ3) is 5.05. The Bertz CT molecular complexity index is 927. The molecule has 1 aromatic heterocycles. The van der Waals surface area contributed by atoms with Crippen LogP contribution in [0.4, 0.5) is 16.2 Å². The number of para-hydroxylation sites is 1. The van der Waals surface area contributed by atoms with Gasteiger partial charge in [0.1, 0.15) is 17.2 Å². The lowest BCUT2D eigenvalue weighted by molar-refractivity contribution is 0.0594. The van der Waals surface area contributed by atoms with Crippen molar-refractivity contribution in [1.82, 2.24) is 4.98 Å². The number of hydrogen-bond acceptors (Lipinski definition) is 5. The summed E-state index contributed by atoms with van der Waals surface area (Å²) < 4.78 is 10.3. The highest BCUT2D eigenvalue weighted by Crippen LogP contribution is 2.22. The maximum absolute atomic E-state index is 12.1. The van der Waals surface area contributed by atoms with E-state index in [-0.39, 0.29) is 5.69 Å². The third-order valence-corrected chi connectivity index (χ3v) is 3.50. The Morgan fingerprint density at radius 2 is 1.52 bits per heavy atom. The zero-order chi connectivity index (χ0) is 19.1. The molecule has 2 N–H and O–H groups in total. The van der Waals surface area contributed by atoms with Crippen LogP contribution in [-0.2, 0) is 4.74 Å². The Labute approximate surface area is 156 Å². The van der Waals surface area contributed by atoms with Gasteiger partial charge in [-0.05, 0) is 48.5 Å². The first-order valence-corrected chi connectivity index (χ1v) is 8.09. The fraction of sp³-hybridized carbons (Fsp3) is 0.0500. The Morgan fingerprint density at radius 1 is 0.852 bits per heavy atom. The molecule has 0 bridgehead atoms. The van der Waals surface area contributed by atoms with Gasteiger partial charge in [0, 0.05) is 17.6 Å². The second-order valence-corrected chi connectivity index (χ2v) is 5.44. The molecule has 7 heteroatoms. The highest BCUT2D eigenvalue weighted by Gasteiger charge is 2.09. The minimum atomic E-state index is -0.576. The van der Waals surface area contributed by atoms with E-state index in [0.29, 0.717) is 17.1 Å². The number of hydrogen-bond donors (Lipinski definition) is 2. The number of rotatable bonds is 5. The lowest BCUT2D eigenvalue weighted by Gasteiger charge is -2.09. The highest BCUT2D eigenvalue weighted by molar-refractivity contribution is 6.00. The number of nitrogens with one attached hydrogen (secondary N) is 2. The number of pyridine rings is 1. The zero-order valence-corrected chi connectivity index (χ0v) is 14.5. The van der Waals surface area contributed by atoms with E-state index in [1.165, 1.54) is 19.4 Å². The quantitative estimate of drug-likeness (QED) is 0.660. The van der Waals surface area contributed by atoms with Gasteiger partial charge in [0.15, 0.2) is 0 Å². The number of urea groups is 1. The number of esters is 1. The topological polar surface area (TPSA) is 89.5 Å². The summed E-state index contributed by atoms with van der Waals surface area (Å²) in [5.41, 5.74) is 1.12. The van der Waals surface area contributed by atoms with E-state index >= 15 is 0 Å². The molecule has 0 spiro atoms. The predicted octanol–water partition coefficient (Wildman–Crippen LogP) is 4.30. The Hall–Kier alpha value is -3.87. The standard InChI is InChI=1S/C20H17N3O4/c1-26-19(24)18-13-15(11-12-21-18)23-20(25)22-14-7-9-17(10-8-14)27-16-5-3-2-4-6-16/h2-13H,1H3,(H2,21,22,23,25). The SMILES string of the molecule is COC(=O)c1cc(NC(=O)Nc2ccc(Oc3ccccc3)cc2)ccn1. The number of nitrogens with zero attached hydrogens (tertiary/aromatic N) is 1. The molecule has 0 aliphatic heterocycles. The minimum Gasteiger partial charge on any atom is -0.464 e. The van der Waals surface area contributed by atoms with Crippen molar-refractivity contribution in [1.29, 1.82) is 0 Å². The smallest absolute Gasteiger partial charge is 0.356 e. The molecule has 2 amide bonds. The molecular formula is C20H17N3O4. The maximum atomic E-state index is 12.1. The molecule has 0 radical (unpaired) electrons. The fourth-order valence-corrected chi connectivity index (χ4v) is 2.25. The van der Waals surface area contributed by atoms with Gasteiger partial charge in [-0.3, -0.25) is 0 Å². The van der Waals surface area contributed by atoms with Gasteiger partial charge in [-0.1, -0.05) is 18.2 Å². The van der Waals surface area contributed by atoms with Gasteiger partial charge in [0.2, 0.25) is 0 Å². The van der Waals surface area contributed by atoms with Crippen molar-refractivity contribution < 1.29 is 19.1 Å². The molecule has 136 valence electrons. The van der Waals surface area contributed by atoms with E-state index in [2.05, 4.69) is 20.4 Å². The first kappa shape index (κ1) is 17.9. The number of carbonyl (C=O) groups is 2. The number of aromatic nitrogens is 1. The fourth-order valence-electron chi connectivity index (χ4n) is 2.25. The van der Waals surface area contributed by atoms with Crippen LogP contribution in [0, 0.1) is 0 Å². The largest absolute Gasteiger partial charge is 0.464 e. The van der Waals surface area contributed by atoms with Crippen LogP contribution in [-0.4, -0.2) is 24.1 Å². The first-order chi connectivity index (χ1) is 13.1. The van der Waals surface area contributed by atoms with Crippen molar-refractivity contribution in [3.63, 3.8) is 0 Å². The second-order valence-electron chi connectivity index (χ2n) is 5.44. The predicted molar refractivity (Wildman–Crippen MR) is 101 cm³/mol. The molecule has 1 heterocycles. The van der Waals surface area contributed by atoms with Crippen LogP contribution in [0.15, 0.2) is 72.9 Å². The molecule has 3 aromatic rings. The van der Waals surface area contributed by atoms with E-state index in [9.17, 15) is 9.59 Å². The molecule has 0 aliphatic rings. The zero-order valence-electron chi connectivity index (χ0n) is 14.5. The van der Waals surface area contributed by atoms with Gasteiger partial charge in [0.25, 0.3) is 0 Å². The van der Waals surface area contributed by atoms with E-state index in [1.807, 2.05) is 30.3 Å². The van der Waals surface area contributed by atoms with Crippen molar-refractivity contribution in [2.75, 3.05) is 17.7 Å². The van der Waals surface area contributed by atoms with Crippen molar-refractivity contribution in [2.24, 2.45) is 0 Å². The number of ether oxygens (including phenoxy) is 2. The Balaban J connectivity index is 1.59. The molecule has 27 heavy (non-hydrogen) atoms. The summed E-state index contributed by atoms with van der Waals surface area (Å²) in [5, 5.41) is 5.34. The van der Waals surface area contributed by atoms with Gasteiger partial charge in [-0.2, -0.15) is 0 Å². The number of methoxy groups -OCH3 is 1. The van der Waals surface area contributed by atoms with Crippen molar-refractivity contribution in [2.45, 2.75) is 0 Å². The number of benzene rings is 2. The van der Waals surface area contributed by atoms with Crippen LogP contribution in [0.25, 0.3) is 0 Å². The third-order valence-electron chi connectivity index (χ3n) is 3.50. The van der Waals surface area contributed by atoms with Crippen LogP contribution in [0.1, 0.15) is 10.5 Å². The second kappa shape index (κ2) is 8.48. The van der Waals surface area contributed by atoms with Crippen LogP contribution in [0.3, 0.4) is 0 Å². The summed E-state index contributed by atoms with van der Waals surface area (Å²) in [4.78, 5) is 27.5. The first-order valence-electron chi connectivity index (χ1n) is 8.09. The summed E-state index contributed by atoms with van der Waals surface area (Å²) in [7, 11) is 1.27. The van der Waals surface area contributed by atoms with Gasteiger partial charge >= 0.3 is 12.0 Å². The molecule has 0 aliphatic carbocycles. The summed E-state index contributed by atoms with van der Waals surface area (Å²) >= 11 is 0. The summed E-state index contributed by atoms with van der Waals surface area (Å²) in [6.45, 7) is 0. The molecule has 3 rings (SSSR count). The average molecular weight is 363 g/mol. The normalized spacial score (nSPS) is 9.96. The molecule has 2 aromatic carbocycles. The van der Waals surface area contributed by atoms with Gasteiger partial charge < -0.3 is 20.1 Å². The van der Waals surface area contributed by atoms with Crippen LogP contribution >= 0.6 is 0 Å².